The Morgan fingerprint density at radius 2 is 2.31 bits per heavy atom. The number of thioether (sulfide) groups is 1. The van der Waals surface area contributed by atoms with Gasteiger partial charge in [-0.3, -0.25) is 9.59 Å². The van der Waals surface area contributed by atoms with Crippen LogP contribution in [0.3, 0.4) is 0 Å². The van der Waals surface area contributed by atoms with Gasteiger partial charge in [0.1, 0.15) is 18.1 Å². The van der Waals surface area contributed by atoms with E-state index in [0.29, 0.717) is 11.5 Å². The molecule has 1 rings (SSSR count). The fraction of sp³-hybridized carbons (Fsp3) is 0.333. The number of hydrogen-bond acceptors (Lipinski definition) is 6. The Kier molecular flexibility index (Phi) is 4.39. The fourth-order valence-corrected chi connectivity index (χ4v) is 1.74. The summed E-state index contributed by atoms with van der Waals surface area (Å²) in [6, 6.07) is 0.225. The molecule has 0 aromatic carbocycles. The highest BCUT2D eigenvalue weighted by Gasteiger charge is 2.11. The lowest BCUT2D eigenvalue weighted by Gasteiger charge is -2.05. The molecule has 0 fully saturated rings. The lowest BCUT2D eigenvalue weighted by Crippen LogP contribution is -2.32. The monoisotopic (exact) mass is 245 g/mol. The van der Waals surface area contributed by atoms with Crippen LogP contribution in [0.4, 0.5) is 0 Å². The molecule has 6 nitrogen and oxygen atoms in total. The van der Waals surface area contributed by atoms with Crippen molar-refractivity contribution in [3.63, 3.8) is 0 Å². The average Bonchev–Trinajstić information content (AvgIpc) is 2.23. The van der Waals surface area contributed by atoms with Crippen LogP contribution in [0.5, 0.6) is 5.75 Å². The number of rotatable bonds is 5. The first-order valence-electron chi connectivity index (χ1n) is 4.37. The molecule has 0 aliphatic carbocycles. The standard InChI is InChI=1S/C9H11NO5S/c10-6(9(13)14)4-16-3-5-1-7(11)8(12)2-15-5/h1-2,6,12H,3-4,10H2,(H,13,14)/t6-/m1/s1. The van der Waals surface area contributed by atoms with Crippen molar-refractivity contribution >= 4 is 17.7 Å². The zero-order chi connectivity index (χ0) is 12.1. The van der Waals surface area contributed by atoms with Gasteiger partial charge in [-0.25, -0.2) is 0 Å². The molecule has 0 saturated carbocycles. The second kappa shape index (κ2) is 5.57. The van der Waals surface area contributed by atoms with E-state index in [2.05, 4.69) is 0 Å². The molecule has 1 atom stereocenters. The summed E-state index contributed by atoms with van der Waals surface area (Å²) in [5.41, 5.74) is 4.76. The molecule has 0 spiro atoms. The van der Waals surface area contributed by atoms with Gasteiger partial charge >= 0.3 is 5.97 Å². The highest BCUT2D eigenvalue weighted by atomic mass is 32.2. The van der Waals surface area contributed by atoms with Crippen molar-refractivity contribution in [3.8, 4) is 5.75 Å². The van der Waals surface area contributed by atoms with E-state index < -0.39 is 23.2 Å². The van der Waals surface area contributed by atoms with Crippen molar-refractivity contribution in [1.29, 1.82) is 0 Å². The van der Waals surface area contributed by atoms with Crippen LogP contribution in [-0.2, 0) is 10.5 Å². The summed E-state index contributed by atoms with van der Waals surface area (Å²) >= 11 is 1.24. The molecule has 4 N–H and O–H groups in total. The quantitative estimate of drug-likeness (QED) is 0.668. The van der Waals surface area contributed by atoms with E-state index in [1.165, 1.54) is 11.8 Å². The molecule has 0 unspecified atom stereocenters. The van der Waals surface area contributed by atoms with Gasteiger partial charge in [0.05, 0.1) is 5.75 Å². The molecule has 88 valence electrons. The van der Waals surface area contributed by atoms with Crippen molar-refractivity contribution in [2.45, 2.75) is 11.8 Å². The highest BCUT2D eigenvalue weighted by Crippen LogP contribution is 2.13. The van der Waals surface area contributed by atoms with Crippen molar-refractivity contribution in [3.05, 3.63) is 28.3 Å². The minimum absolute atomic E-state index is 0.222. The maximum atomic E-state index is 11.0. The largest absolute Gasteiger partial charge is 0.502 e. The summed E-state index contributed by atoms with van der Waals surface area (Å²) < 4.78 is 4.92. The van der Waals surface area contributed by atoms with Crippen molar-refractivity contribution in [1.82, 2.24) is 0 Å². The summed E-state index contributed by atoms with van der Waals surface area (Å²) in [7, 11) is 0. The summed E-state index contributed by atoms with van der Waals surface area (Å²) in [4.78, 5) is 21.4. The number of carboxylic acid groups (broad SMARTS) is 1. The number of aromatic hydroxyl groups is 1. The molecule has 1 aromatic rings. The minimum Gasteiger partial charge on any atom is -0.502 e. The predicted octanol–water partition coefficient (Wildman–Crippen LogP) is -0.00950. The van der Waals surface area contributed by atoms with Gasteiger partial charge in [0.15, 0.2) is 5.75 Å². The summed E-state index contributed by atoms with van der Waals surface area (Å²) in [5.74, 6) is -0.600. The number of aliphatic carboxylic acids is 1. The minimum atomic E-state index is -1.07. The van der Waals surface area contributed by atoms with Crippen molar-refractivity contribution < 1.29 is 19.4 Å². The van der Waals surface area contributed by atoms with Gasteiger partial charge in [-0.1, -0.05) is 0 Å². The lowest BCUT2D eigenvalue weighted by molar-refractivity contribution is -0.137. The molecule has 0 amide bonds. The van der Waals surface area contributed by atoms with Crippen LogP contribution >= 0.6 is 11.8 Å². The average molecular weight is 245 g/mol. The number of carbonyl (C=O) groups is 1. The van der Waals surface area contributed by atoms with Crippen LogP contribution in [0.25, 0.3) is 0 Å². The third-order valence-electron chi connectivity index (χ3n) is 1.73. The predicted molar refractivity (Wildman–Crippen MR) is 58.4 cm³/mol. The SMILES string of the molecule is N[C@H](CSCc1cc(=O)c(O)co1)C(=O)O. The van der Waals surface area contributed by atoms with Crippen LogP contribution in [0.1, 0.15) is 5.76 Å². The van der Waals surface area contributed by atoms with Crippen molar-refractivity contribution in [2.24, 2.45) is 5.73 Å². The van der Waals surface area contributed by atoms with E-state index >= 15 is 0 Å². The Morgan fingerprint density at radius 3 is 2.88 bits per heavy atom. The van der Waals surface area contributed by atoms with Gasteiger partial charge in [0, 0.05) is 11.8 Å². The molecule has 0 radical (unpaired) electrons. The Morgan fingerprint density at radius 1 is 1.62 bits per heavy atom. The molecule has 0 bridgehead atoms. The van der Waals surface area contributed by atoms with Gasteiger partial charge in [-0.15, -0.1) is 0 Å². The Labute approximate surface area is 95.1 Å². The first-order chi connectivity index (χ1) is 7.50. The molecule has 0 saturated heterocycles. The normalized spacial score (nSPS) is 12.3. The molecule has 16 heavy (non-hydrogen) atoms. The van der Waals surface area contributed by atoms with E-state index in [1.54, 1.807) is 0 Å². The number of hydrogen-bond donors (Lipinski definition) is 3. The second-order valence-corrected chi connectivity index (χ2v) is 4.09. The van der Waals surface area contributed by atoms with Crippen LogP contribution in [0.15, 0.2) is 21.5 Å². The first kappa shape index (κ1) is 12.6. The van der Waals surface area contributed by atoms with Crippen molar-refractivity contribution in [2.75, 3.05) is 5.75 Å². The third-order valence-corrected chi connectivity index (χ3v) is 2.81. The van der Waals surface area contributed by atoms with E-state index in [4.69, 9.17) is 20.4 Å². The van der Waals surface area contributed by atoms with Crippen LogP contribution in [0, 0.1) is 0 Å². The Balaban J connectivity index is 2.46. The molecule has 7 heteroatoms. The first-order valence-corrected chi connectivity index (χ1v) is 5.53. The molecular weight excluding hydrogens is 234 g/mol. The maximum absolute atomic E-state index is 11.0. The van der Waals surface area contributed by atoms with Gasteiger partial charge in [-0.2, -0.15) is 11.8 Å². The van der Waals surface area contributed by atoms with Crippen LogP contribution in [0.2, 0.25) is 0 Å². The van der Waals surface area contributed by atoms with Gasteiger partial charge < -0.3 is 20.4 Å². The van der Waals surface area contributed by atoms with E-state index in [0.717, 1.165) is 12.3 Å². The van der Waals surface area contributed by atoms with Gasteiger partial charge in [-0.05, 0) is 0 Å². The third kappa shape index (κ3) is 3.59. The van der Waals surface area contributed by atoms with E-state index in [-0.39, 0.29) is 5.75 Å². The van der Waals surface area contributed by atoms with Crippen LogP contribution in [-0.4, -0.2) is 28.0 Å². The summed E-state index contributed by atoms with van der Waals surface area (Å²) in [5, 5.41) is 17.4. The molecule has 0 aliphatic rings. The zero-order valence-electron chi connectivity index (χ0n) is 8.25. The Bertz CT molecular complexity index is 430. The molecule has 1 heterocycles. The van der Waals surface area contributed by atoms with Gasteiger partial charge in [0.25, 0.3) is 0 Å². The maximum Gasteiger partial charge on any atom is 0.321 e. The van der Waals surface area contributed by atoms with Crippen LogP contribution < -0.4 is 11.2 Å². The molecular formula is C9H11NO5S. The van der Waals surface area contributed by atoms with Gasteiger partial charge in [0.2, 0.25) is 5.43 Å². The lowest BCUT2D eigenvalue weighted by atomic mass is 10.4. The molecule has 1 aromatic heterocycles. The smallest absolute Gasteiger partial charge is 0.321 e. The highest BCUT2D eigenvalue weighted by molar-refractivity contribution is 7.98. The van der Waals surface area contributed by atoms with E-state index in [9.17, 15) is 9.59 Å². The topological polar surface area (TPSA) is 114 Å². The molecule has 0 aliphatic heterocycles. The summed E-state index contributed by atoms with van der Waals surface area (Å²) in [6.45, 7) is 0. The Hall–Kier alpha value is -1.47. The summed E-state index contributed by atoms with van der Waals surface area (Å²) in [6.07, 6.45) is 0.954. The van der Waals surface area contributed by atoms with E-state index in [1.807, 2.05) is 0 Å². The number of carboxylic acids is 1. The fourth-order valence-electron chi connectivity index (χ4n) is 0.877. The number of nitrogens with two attached hydrogens (primary N) is 1. The zero-order valence-corrected chi connectivity index (χ0v) is 9.07. The second-order valence-electron chi connectivity index (χ2n) is 3.06.